The summed E-state index contributed by atoms with van der Waals surface area (Å²) in [5.74, 6) is -3.25. The van der Waals surface area contributed by atoms with Crippen LogP contribution >= 0.6 is 0 Å². The molecule has 2 N–H and O–H groups in total. The second-order valence-electron chi connectivity index (χ2n) is 4.76. The molecule has 110 valence electrons. The number of aryl methyl sites for hydroxylation is 2. The van der Waals surface area contributed by atoms with Crippen molar-refractivity contribution in [3.63, 3.8) is 0 Å². The maximum Gasteiger partial charge on any atom is 0.422 e. The molecule has 0 aliphatic heterocycles. The Bertz CT molecular complexity index is 534. The van der Waals surface area contributed by atoms with Crippen molar-refractivity contribution in [3.8, 4) is 0 Å². The molecule has 0 fully saturated rings. The summed E-state index contributed by atoms with van der Waals surface area (Å²) in [6.45, 7) is 3.78. The number of benzene rings is 1. The van der Waals surface area contributed by atoms with Crippen molar-refractivity contribution >= 4 is 11.9 Å². The van der Waals surface area contributed by atoms with E-state index in [9.17, 15) is 22.8 Å². The molecule has 1 unspecified atom stereocenters. The fourth-order valence-electron chi connectivity index (χ4n) is 1.65. The molecular formula is C13H14F3NO3. The van der Waals surface area contributed by atoms with Gasteiger partial charge in [0.1, 0.15) is 0 Å². The summed E-state index contributed by atoms with van der Waals surface area (Å²) < 4.78 is 38.4. The maximum absolute atomic E-state index is 12.8. The number of halogens is 3. The van der Waals surface area contributed by atoms with Crippen LogP contribution < -0.4 is 5.32 Å². The minimum atomic E-state index is -5.10. The van der Waals surface area contributed by atoms with E-state index in [2.05, 4.69) is 0 Å². The zero-order valence-electron chi connectivity index (χ0n) is 11.1. The first-order chi connectivity index (χ1) is 8.97. The van der Waals surface area contributed by atoms with E-state index in [1.807, 2.05) is 0 Å². The molecule has 4 nitrogen and oxygen atoms in total. The Morgan fingerprint density at radius 3 is 1.90 bits per heavy atom. The van der Waals surface area contributed by atoms with Gasteiger partial charge in [-0.1, -0.05) is 17.2 Å². The molecule has 7 heteroatoms. The number of carboxylic acid groups (broad SMARTS) is 1. The summed E-state index contributed by atoms with van der Waals surface area (Å²) in [5, 5.41) is 10.3. The lowest BCUT2D eigenvalue weighted by atomic mass is 10.00. The normalized spacial score (nSPS) is 14.5. The first-order valence-corrected chi connectivity index (χ1v) is 5.68. The Morgan fingerprint density at radius 1 is 1.10 bits per heavy atom. The van der Waals surface area contributed by atoms with Crippen molar-refractivity contribution in [2.45, 2.75) is 32.5 Å². The van der Waals surface area contributed by atoms with Gasteiger partial charge in [-0.25, -0.2) is 4.79 Å². The van der Waals surface area contributed by atoms with Gasteiger partial charge in [0, 0.05) is 5.56 Å². The summed E-state index contributed by atoms with van der Waals surface area (Å²) >= 11 is 0. The number of aliphatic carboxylic acids is 1. The molecule has 0 aromatic heterocycles. The average molecular weight is 289 g/mol. The average Bonchev–Trinajstić information content (AvgIpc) is 2.25. The third kappa shape index (κ3) is 3.09. The fraction of sp³-hybridized carbons (Fsp3) is 0.385. The number of carbonyl (C=O) groups excluding carboxylic acids is 1. The minimum absolute atomic E-state index is 0.0146. The van der Waals surface area contributed by atoms with Crippen molar-refractivity contribution in [2.24, 2.45) is 0 Å². The summed E-state index contributed by atoms with van der Waals surface area (Å²) in [4.78, 5) is 22.7. The number of hydrogen-bond acceptors (Lipinski definition) is 2. The lowest BCUT2D eigenvalue weighted by Gasteiger charge is -2.28. The number of nitrogens with one attached hydrogen (secondary N) is 1. The second-order valence-corrected chi connectivity index (χ2v) is 4.76. The molecule has 1 aromatic carbocycles. The number of rotatable bonds is 3. The highest BCUT2D eigenvalue weighted by molar-refractivity contribution is 5.98. The molecule has 20 heavy (non-hydrogen) atoms. The predicted molar refractivity (Wildman–Crippen MR) is 65.5 cm³/mol. The monoisotopic (exact) mass is 289 g/mol. The third-order valence-electron chi connectivity index (χ3n) is 2.84. The van der Waals surface area contributed by atoms with Gasteiger partial charge >= 0.3 is 12.1 Å². The van der Waals surface area contributed by atoms with Gasteiger partial charge in [-0.2, -0.15) is 13.2 Å². The van der Waals surface area contributed by atoms with Crippen molar-refractivity contribution in [1.29, 1.82) is 0 Å². The topological polar surface area (TPSA) is 66.4 Å². The molecule has 1 aromatic rings. The SMILES string of the molecule is Cc1cc(C)cc(C(=O)NC(C)(C(=O)O)C(F)(F)F)c1. The second kappa shape index (κ2) is 5.15. The number of alkyl halides is 3. The molecule has 0 aliphatic rings. The number of carbonyl (C=O) groups is 2. The quantitative estimate of drug-likeness (QED) is 0.898. The van der Waals surface area contributed by atoms with Crippen molar-refractivity contribution in [1.82, 2.24) is 5.32 Å². The Kier molecular flexibility index (Phi) is 4.12. The molecule has 0 aliphatic carbocycles. The van der Waals surface area contributed by atoms with Gasteiger partial charge < -0.3 is 10.4 Å². The molecule has 0 heterocycles. The predicted octanol–water partition coefficient (Wildman–Crippen LogP) is 2.44. The Hall–Kier alpha value is -2.05. The minimum Gasteiger partial charge on any atom is -0.479 e. The smallest absolute Gasteiger partial charge is 0.422 e. The summed E-state index contributed by atoms with van der Waals surface area (Å²) in [6, 6.07) is 4.53. The van der Waals surface area contributed by atoms with E-state index in [0.29, 0.717) is 18.1 Å². The van der Waals surface area contributed by atoms with E-state index < -0.39 is 23.6 Å². The lowest BCUT2D eigenvalue weighted by Crippen LogP contribution is -2.61. The molecule has 1 atom stereocenters. The van der Waals surface area contributed by atoms with Crippen LogP contribution in [0.3, 0.4) is 0 Å². The summed E-state index contributed by atoms with van der Waals surface area (Å²) in [7, 11) is 0. The first kappa shape index (κ1) is 16.0. The molecule has 0 spiro atoms. The number of amides is 1. The van der Waals surface area contributed by atoms with Gasteiger partial charge in [-0.15, -0.1) is 0 Å². The van der Waals surface area contributed by atoms with Crippen molar-refractivity contribution in [3.05, 3.63) is 34.9 Å². The zero-order valence-corrected chi connectivity index (χ0v) is 11.1. The van der Waals surface area contributed by atoms with E-state index in [-0.39, 0.29) is 5.56 Å². The van der Waals surface area contributed by atoms with Crippen LogP contribution in [0.5, 0.6) is 0 Å². The van der Waals surface area contributed by atoms with Crippen LogP contribution in [0, 0.1) is 13.8 Å². The van der Waals surface area contributed by atoms with Gasteiger partial charge in [-0.05, 0) is 32.9 Å². The lowest BCUT2D eigenvalue weighted by molar-refractivity contribution is -0.203. The third-order valence-corrected chi connectivity index (χ3v) is 2.84. The molecule has 1 rings (SSSR count). The van der Waals surface area contributed by atoms with Crippen molar-refractivity contribution in [2.75, 3.05) is 0 Å². The molecule has 0 saturated heterocycles. The highest BCUT2D eigenvalue weighted by atomic mass is 19.4. The summed E-state index contributed by atoms with van der Waals surface area (Å²) in [6.07, 6.45) is -5.10. The van der Waals surface area contributed by atoms with Crippen molar-refractivity contribution < 1.29 is 27.9 Å². The summed E-state index contributed by atoms with van der Waals surface area (Å²) in [5.41, 5.74) is -1.96. The highest BCUT2D eigenvalue weighted by Crippen LogP contribution is 2.30. The maximum atomic E-state index is 12.8. The van der Waals surface area contributed by atoms with E-state index in [0.717, 1.165) is 0 Å². The van der Waals surface area contributed by atoms with Crippen LogP contribution in [0.1, 0.15) is 28.4 Å². The molecule has 0 bridgehead atoms. The van der Waals surface area contributed by atoms with E-state index in [1.165, 1.54) is 12.1 Å². The van der Waals surface area contributed by atoms with E-state index in [1.54, 1.807) is 25.2 Å². The van der Waals surface area contributed by atoms with Gasteiger partial charge in [0.05, 0.1) is 0 Å². The van der Waals surface area contributed by atoms with Crippen LogP contribution in [-0.4, -0.2) is 28.7 Å². The Morgan fingerprint density at radius 2 is 1.55 bits per heavy atom. The molecule has 0 radical (unpaired) electrons. The first-order valence-electron chi connectivity index (χ1n) is 5.68. The van der Waals surface area contributed by atoms with Gasteiger partial charge in [-0.3, -0.25) is 4.79 Å². The van der Waals surface area contributed by atoms with E-state index in [4.69, 9.17) is 5.11 Å². The van der Waals surface area contributed by atoms with Crippen LogP contribution in [0.2, 0.25) is 0 Å². The zero-order chi connectivity index (χ0) is 15.7. The highest BCUT2D eigenvalue weighted by Gasteiger charge is 2.58. The molecule has 1 amide bonds. The number of hydrogen-bond donors (Lipinski definition) is 2. The standard InChI is InChI=1S/C13H14F3NO3/c1-7-4-8(2)6-9(5-7)10(18)17-12(3,11(19)20)13(14,15)16/h4-6H,1-3H3,(H,17,18)(H,19,20). The van der Waals surface area contributed by atoms with Crippen LogP contribution in [0.4, 0.5) is 13.2 Å². The Balaban J connectivity index is 3.13. The Labute approximate surface area is 113 Å². The molecular weight excluding hydrogens is 275 g/mol. The largest absolute Gasteiger partial charge is 0.479 e. The van der Waals surface area contributed by atoms with Crippen LogP contribution in [0.25, 0.3) is 0 Å². The fourth-order valence-corrected chi connectivity index (χ4v) is 1.65. The number of carboxylic acids is 1. The van der Waals surface area contributed by atoms with Gasteiger partial charge in [0.2, 0.25) is 5.54 Å². The molecule has 0 saturated carbocycles. The van der Waals surface area contributed by atoms with Gasteiger partial charge in [0.15, 0.2) is 0 Å². The van der Waals surface area contributed by atoms with Crippen LogP contribution in [0.15, 0.2) is 18.2 Å². The van der Waals surface area contributed by atoms with E-state index >= 15 is 0 Å². The van der Waals surface area contributed by atoms with Gasteiger partial charge in [0.25, 0.3) is 5.91 Å². The van der Waals surface area contributed by atoms with Crippen LogP contribution in [-0.2, 0) is 4.79 Å².